The minimum Gasteiger partial charge on any atom is -0.456 e. The number of pyridine rings is 1. The molecule has 5 rings (SSSR count). The van der Waals surface area contributed by atoms with Crippen LogP contribution >= 0.6 is 7.82 Å². The molecule has 0 spiro atoms. The van der Waals surface area contributed by atoms with Crippen LogP contribution in [0.1, 0.15) is 23.0 Å². The molecule has 0 saturated carbocycles. The molecule has 2 aromatic heterocycles. The molecule has 202 valence electrons. The van der Waals surface area contributed by atoms with Crippen LogP contribution in [-0.4, -0.2) is 44.2 Å². The van der Waals surface area contributed by atoms with Crippen LogP contribution < -0.4 is 15.8 Å². The lowest BCUT2D eigenvalue weighted by molar-refractivity contribution is -0.0511. The number of halogens is 1. The van der Waals surface area contributed by atoms with E-state index in [4.69, 9.17) is 18.5 Å². The van der Waals surface area contributed by atoms with Crippen molar-refractivity contribution in [3.05, 3.63) is 105 Å². The van der Waals surface area contributed by atoms with Crippen LogP contribution in [0.25, 0.3) is 10.9 Å². The predicted octanol–water partition coefficient (Wildman–Crippen LogP) is 2.93. The molecule has 2 N–H and O–H groups in total. The Labute approximate surface area is 219 Å². The number of aromatic nitrogens is 3. The molecular weight excluding hydrogens is 536 g/mol. The normalized spacial score (nSPS) is 20.4. The van der Waals surface area contributed by atoms with E-state index in [0.29, 0.717) is 17.1 Å². The smallest absolute Gasteiger partial charge is 0.456 e. The van der Waals surface area contributed by atoms with E-state index in [9.17, 15) is 28.2 Å². The van der Waals surface area contributed by atoms with E-state index in [1.165, 1.54) is 24.3 Å². The van der Waals surface area contributed by atoms with Gasteiger partial charge in [0.15, 0.2) is 0 Å². The molecule has 14 heteroatoms. The van der Waals surface area contributed by atoms with Gasteiger partial charge in [-0.1, -0.05) is 24.3 Å². The predicted molar refractivity (Wildman–Crippen MR) is 134 cm³/mol. The number of aromatic amines is 1. The number of nitrogens with one attached hydrogen (secondary N) is 1. The molecule has 1 aliphatic heterocycles. The van der Waals surface area contributed by atoms with Crippen molar-refractivity contribution in [1.82, 2.24) is 14.5 Å². The first kappa shape index (κ1) is 26.4. The molecule has 1 unspecified atom stereocenters. The van der Waals surface area contributed by atoms with Crippen molar-refractivity contribution in [3.8, 4) is 5.75 Å². The van der Waals surface area contributed by atoms with E-state index in [1.54, 1.807) is 42.6 Å². The average molecular weight is 557 g/mol. The highest BCUT2D eigenvalue weighted by atomic mass is 31.2. The molecule has 0 amide bonds. The van der Waals surface area contributed by atoms with Gasteiger partial charge in [-0.3, -0.25) is 28.7 Å². The largest absolute Gasteiger partial charge is 0.527 e. The zero-order valence-electron chi connectivity index (χ0n) is 20.0. The van der Waals surface area contributed by atoms with Gasteiger partial charge < -0.3 is 14.0 Å². The molecule has 4 atom stereocenters. The summed E-state index contributed by atoms with van der Waals surface area (Å²) < 4.78 is 49.0. The van der Waals surface area contributed by atoms with Crippen LogP contribution in [0.15, 0.2) is 82.6 Å². The number of rotatable bonds is 8. The van der Waals surface area contributed by atoms with Gasteiger partial charge in [-0.05, 0) is 36.4 Å². The van der Waals surface area contributed by atoms with Crippen molar-refractivity contribution in [2.75, 3.05) is 6.61 Å². The number of phosphoric acid groups is 1. The number of H-pyrrole nitrogens is 1. The Morgan fingerprint density at radius 3 is 2.77 bits per heavy atom. The lowest BCUT2D eigenvalue weighted by Gasteiger charge is -2.20. The van der Waals surface area contributed by atoms with Crippen LogP contribution in [-0.2, 0) is 18.6 Å². The minimum absolute atomic E-state index is 0.0499. The van der Waals surface area contributed by atoms with Gasteiger partial charge in [0, 0.05) is 18.0 Å². The molecule has 12 nitrogen and oxygen atoms in total. The fraction of sp³-hybridized carbons (Fsp3) is 0.200. The van der Waals surface area contributed by atoms with Crippen molar-refractivity contribution in [2.24, 2.45) is 0 Å². The topological polar surface area (TPSA) is 159 Å². The average Bonchev–Trinajstić information content (AvgIpc) is 3.32. The van der Waals surface area contributed by atoms with E-state index in [2.05, 4.69) is 4.98 Å². The van der Waals surface area contributed by atoms with Gasteiger partial charge in [0.2, 0.25) is 5.82 Å². The van der Waals surface area contributed by atoms with Crippen LogP contribution in [0.3, 0.4) is 0 Å². The summed E-state index contributed by atoms with van der Waals surface area (Å²) in [4.78, 5) is 52.7. The number of nitrogens with zero attached hydrogens (tertiary/aromatic N) is 2. The highest BCUT2D eigenvalue weighted by molar-refractivity contribution is 7.47. The number of hydrogen-bond acceptors (Lipinski definition) is 9. The Balaban J connectivity index is 1.33. The molecule has 1 aliphatic rings. The number of esters is 1. The zero-order valence-corrected chi connectivity index (χ0v) is 20.9. The summed E-state index contributed by atoms with van der Waals surface area (Å²) in [7, 11) is -4.70. The maximum absolute atomic E-state index is 13.9. The Hall–Kier alpha value is -4.16. The Bertz CT molecular complexity index is 1680. The van der Waals surface area contributed by atoms with E-state index < -0.39 is 55.9 Å². The Morgan fingerprint density at radius 1 is 1.18 bits per heavy atom. The van der Waals surface area contributed by atoms with Crippen molar-refractivity contribution >= 4 is 24.7 Å². The van der Waals surface area contributed by atoms with Gasteiger partial charge in [0.05, 0.1) is 23.9 Å². The van der Waals surface area contributed by atoms with E-state index in [-0.39, 0.29) is 17.7 Å². The number of phosphoric ester groups is 1. The van der Waals surface area contributed by atoms with Crippen LogP contribution in [0.4, 0.5) is 4.39 Å². The first-order valence-electron chi connectivity index (χ1n) is 11.6. The summed E-state index contributed by atoms with van der Waals surface area (Å²) in [6.07, 6.45) is -1.29. The van der Waals surface area contributed by atoms with Crippen molar-refractivity contribution in [3.63, 3.8) is 0 Å². The first-order valence-corrected chi connectivity index (χ1v) is 13.1. The van der Waals surface area contributed by atoms with Crippen LogP contribution in [0.5, 0.6) is 5.75 Å². The zero-order chi connectivity index (χ0) is 27.6. The molecular formula is C25H21FN3O9P. The number of carbonyl (C=O) groups excluding carboxylic acids is 1. The molecule has 0 aliphatic carbocycles. The summed E-state index contributed by atoms with van der Waals surface area (Å²) in [5.74, 6) is -1.90. The Morgan fingerprint density at radius 2 is 1.97 bits per heavy atom. The third-order valence-corrected chi connectivity index (χ3v) is 6.80. The molecule has 39 heavy (non-hydrogen) atoms. The highest BCUT2D eigenvalue weighted by Gasteiger charge is 2.41. The van der Waals surface area contributed by atoms with Gasteiger partial charge in [0.1, 0.15) is 24.2 Å². The van der Waals surface area contributed by atoms with Crippen molar-refractivity contribution < 1.29 is 37.2 Å². The number of benzene rings is 2. The second kappa shape index (κ2) is 10.9. The van der Waals surface area contributed by atoms with Crippen LogP contribution in [0.2, 0.25) is 0 Å². The molecule has 1 saturated heterocycles. The summed E-state index contributed by atoms with van der Waals surface area (Å²) >= 11 is 0. The SMILES string of the molecule is O=C(O[C@H]1C[C@H](n2cc(F)c(=O)[nH]c2=O)O[C@@H]1COP(=O)(O)Oc1ccc2ncccc2c1)c1ccccc1. The molecule has 1 fully saturated rings. The minimum atomic E-state index is -4.70. The van der Waals surface area contributed by atoms with E-state index in [1.807, 2.05) is 4.98 Å². The molecule has 2 aromatic carbocycles. The monoisotopic (exact) mass is 557 g/mol. The number of hydrogen-bond donors (Lipinski definition) is 2. The quantitative estimate of drug-likeness (QED) is 0.244. The van der Waals surface area contributed by atoms with Gasteiger partial charge in [-0.2, -0.15) is 4.39 Å². The van der Waals surface area contributed by atoms with Gasteiger partial charge in [-0.15, -0.1) is 0 Å². The molecule has 0 bridgehead atoms. The summed E-state index contributed by atoms with van der Waals surface area (Å²) in [5, 5.41) is 0.670. The van der Waals surface area contributed by atoms with E-state index >= 15 is 0 Å². The second-order valence-corrected chi connectivity index (χ2v) is 9.91. The van der Waals surface area contributed by atoms with Gasteiger partial charge in [-0.25, -0.2) is 14.2 Å². The number of ether oxygens (including phenoxy) is 2. The number of fused-ring (bicyclic) bond motifs is 1. The highest BCUT2D eigenvalue weighted by Crippen LogP contribution is 2.45. The van der Waals surface area contributed by atoms with Gasteiger partial charge >= 0.3 is 19.5 Å². The molecule has 0 radical (unpaired) electrons. The fourth-order valence-electron chi connectivity index (χ4n) is 4.04. The van der Waals surface area contributed by atoms with Crippen LogP contribution in [0, 0.1) is 5.82 Å². The standard InChI is InChI=1S/C25H21FN3O9P/c26-18-13-29(25(32)28-23(18)30)22-12-20(37-24(31)15-5-2-1-3-6-15)21(36-22)14-35-39(33,34)38-17-8-9-19-16(11-17)7-4-10-27-19/h1-11,13,20-22H,12,14H2,(H,33,34)(H,28,30,32)/t20-,21+,22+/m0/s1. The van der Waals surface area contributed by atoms with Gasteiger partial charge in [0.25, 0.3) is 5.56 Å². The third kappa shape index (κ3) is 6.13. The summed E-state index contributed by atoms with van der Waals surface area (Å²) in [6.45, 7) is -0.591. The molecule has 4 aromatic rings. The van der Waals surface area contributed by atoms with E-state index in [0.717, 1.165) is 4.57 Å². The van der Waals surface area contributed by atoms with Crippen molar-refractivity contribution in [2.45, 2.75) is 24.9 Å². The molecule has 3 heterocycles. The fourth-order valence-corrected chi connectivity index (χ4v) is 4.81. The summed E-state index contributed by atoms with van der Waals surface area (Å²) in [6, 6.07) is 16.0. The second-order valence-electron chi connectivity index (χ2n) is 8.53. The maximum atomic E-state index is 13.9. The third-order valence-electron chi connectivity index (χ3n) is 5.88. The first-order chi connectivity index (χ1) is 18.7. The maximum Gasteiger partial charge on any atom is 0.527 e. The Kier molecular flexibility index (Phi) is 7.40. The lowest BCUT2D eigenvalue weighted by atomic mass is 10.1. The lowest BCUT2D eigenvalue weighted by Crippen LogP contribution is -2.34. The number of carbonyl (C=O) groups is 1. The van der Waals surface area contributed by atoms with Crippen molar-refractivity contribution in [1.29, 1.82) is 0 Å². The summed E-state index contributed by atoms with van der Waals surface area (Å²) in [5.41, 5.74) is -1.28.